The van der Waals surface area contributed by atoms with Gasteiger partial charge in [-0.15, -0.1) is 10.2 Å². The molecule has 0 atom stereocenters. The molecule has 1 saturated heterocycles. The molecule has 0 aliphatic carbocycles. The summed E-state index contributed by atoms with van der Waals surface area (Å²) in [6.45, 7) is 7.60. The van der Waals surface area contributed by atoms with Crippen molar-refractivity contribution in [3.05, 3.63) is 24.3 Å². The molecular formula is C18H24N6O3. The van der Waals surface area contributed by atoms with Crippen LogP contribution in [0, 0.1) is 0 Å². The normalized spacial score (nSPS) is 14.9. The van der Waals surface area contributed by atoms with E-state index in [1.165, 1.54) is 0 Å². The largest absolute Gasteiger partial charge is 0.507 e. The predicted molar refractivity (Wildman–Crippen MR) is 101 cm³/mol. The van der Waals surface area contributed by atoms with Crippen molar-refractivity contribution in [2.45, 2.75) is 26.4 Å². The Morgan fingerprint density at radius 1 is 1.15 bits per heavy atom. The quantitative estimate of drug-likeness (QED) is 0.820. The molecule has 2 aromatic rings. The second-order valence-electron chi connectivity index (χ2n) is 7.32. The molecule has 1 aromatic carbocycles. The summed E-state index contributed by atoms with van der Waals surface area (Å²) >= 11 is 0. The Bertz CT molecular complexity index is 828. The van der Waals surface area contributed by atoms with E-state index >= 15 is 0 Å². The predicted octanol–water partition coefficient (Wildman–Crippen LogP) is 1.88. The molecule has 1 aliphatic rings. The van der Waals surface area contributed by atoms with E-state index in [1.54, 1.807) is 29.2 Å². The van der Waals surface area contributed by atoms with Gasteiger partial charge in [-0.2, -0.15) is 0 Å². The van der Waals surface area contributed by atoms with Crippen LogP contribution in [0.25, 0.3) is 11.4 Å². The third-order valence-corrected chi connectivity index (χ3v) is 4.07. The third-order valence-electron chi connectivity index (χ3n) is 4.07. The van der Waals surface area contributed by atoms with Crippen LogP contribution in [0.4, 0.5) is 16.4 Å². The van der Waals surface area contributed by atoms with E-state index in [-0.39, 0.29) is 17.7 Å². The molecule has 3 N–H and O–H groups in total. The van der Waals surface area contributed by atoms with Gasteiger partial charge in [0.15, 0.2) is 17.5 Å². The number of benzene rings is 1. The number of aromatic nitrogens is 3. The van der Waals surface area contributed by atoms with Crippen molar-refractivity contribution in [1.82, 2.24) is 20.1 Å². The van der Waals surface area contributed by atoms with Gasteiger partial charge in [0.2, 0.25) is 0 Å². The van der Waals surface area contributed by atoms with E-state index < -0.39 is 5.60 Å². The van der Waals surface area contributed by atoms with Crippen LogP contribution in [-0.4, -0.2) is 63.1 Å². The van der Waals surface area contributed by atoms with Crippen molar-refractivity contribution in [1.29, 1.82) is 0 Å². The SMILES string of the molecule is CC(C)(C)OC(=O)N1CCN(c2nc(-c3ccccc3O)nnc2N)CC1. The number of carbonyl (C=O) groups excluding carboxylic acids is 1. The number of hydrogen-bond donors (Lipinski definition) is 2. The van der Waals surface area contributed by atoms with Crippen LogP contribution in [0.1, 0.15) is 20.8 Å². The van der Waals surface area contributed by atoms with Gasteiger partial charge in [0.1, 0.15) is 11.4 Å². The molecule has 0 spiro atoms. The van der Waals surface area contributed by atoms with Gasteiger partial charge < -0.3 is 25.4 Å². The fraction of sp³-hybridized carbons (Fsp3) is 0.444. The molecule has 1 amide bonds. The van der Waals surface area contributed by atoms with Crippen LogP contribution in [-0.2, 0) is 4.74 Å². The zero-order valence-electron chi connectivity index (χ0n) is 15.7. The zero-order valence-corrected chi connectivity index (χ0v) is 15.7. The van der Waals surface area contributed by atoms with Gasteiger partial charge >= 0.3 is 6.09 Å². The maximum Gasteiger partial charge on any atom is 0.410 e. The minimum absolute atomic E-state index is 0.0739. The molecule has 0 bridgehead atoms. The van der Waals surface area contributed by atoms with Crippen molar-refractivity contribution in [2.24, 2.45) is 0 Å². The van der Waals surface area contributed by atoms with Crippen LogP contribution < -0.4 is 10.6 Å². The summed E-state index contributed by atoms with van der Waals surface area (Å²) in [6.07, 6.45) is -0.328. The van der Waals surface area contributed by atoms with E-state index in [0.717, 1.165) is 0 Å². The Balaban J connectivity index is 1.74. The monoisotopic (exact) mass is 372 g/mol. The number of piperazine rings is 1. The molecule has 27 heavy (non-hydrogen) atoms. The molecule has 144 valence electrons. The lowest BCUT2D eigenvalue weighted by molar-refractivity contribution is 0.0240. The summed E-state index contributed by atoms with van der Waals surface area (Å²) in [5.41, 5.74) is 5.93. The molecule has 3 rings (SSSR count). The minimum Gasteiger partial charge on any atom is -0.507 e. The fourth-order valence-corrected chi connectivity index (χ4v) is 2.76. The zero-order chi connectivity index (χ0) is 19.6. The van der Waals surface area contributed by atoms with Gasteiger partial charge in [0.05, 0.1) is 5.56 Å². The number of para-hydroxylation sites is 1. The number of amides is 1. The van der Waals surface area contributed by atoms with Crippen molar-refractivity contribution in [3.63, 3.8) is 0 Å². The molecule has 2 heterocycles. The van der Waals surface area contributed by atoms with Crippen LogP contribution in [0.2, 0.25) is 0 Å². The number of anilines is 2. The Morgan fingerprint density at radius 2 is 1.81 bits per heavy atom. The summed E-state index contributed by atoms with van der Waals surface area (Å²) in [6, 6.07) is 6.79. The van der Waals surface area contributed by atoms with Gasteiger partial charge in [-0.05, 0) is 32.9 Å². The molecule has 1 aromatic heterocycles. The molecule has 9 heteroatoms. The molecular weight excluding hydrogens is 348 g/mol. The van der Waals surface area contributed by atoms with Gasteiger partial charge in [0, 0.05) is 26.2 Å². The minimum atomic E-state index is -0.526. The highest BCUT2D eigenvalue weighted by atomic mass is 16.6. The first-order valence-corrected chi connectivity index (χ1v) is 8.76. The standard InChI is InChI=1S/C18H24N6O3/c1-18(2,3)27-17(26)24-10-8-23(9-11-24)16-14(19)21-22-15(20-16)12-6-4-5-7-13(12)25/h4-7,25H,8-11H2,1-3H3,(H2,19,21). The Hall–Kier alpha value is -3.10. The number of ether oxygens (including phenoxy) is 1. The molecule has 0 saturated carbocycles. The van der Waals surface area contributed by atoms with E-state index in [1.807, 2.05) is 25.7 Å². The summed E-state index contributed by atoms with van der Waals surface area (Å²) in [4.78, 5) is 20.3. The third kappa shape index (κ3) is 4.36. The van der Waals surface area contributed by atoms with Crippen molar-refractivity contribution >= 4 is 17.7 Å². The fourth-order valence-electron chi connectivity index (χ4n) is 2.76. The number of aromatic hydroxyl groups is 1. The first kappa shape index (κ1) is 18.7. The van der Waals surface area contributed by atoms with E-state index in [2.05, 4.69) is 15.2 Å². The molecule has 0 unspecified atom stereocenters. The highest BCUT2D eigenvalue weighted by Gasteiger charge is 2.27. The number of carbonyl (C=O) groups is 1. The lowest BCUT2D eigenvalue weighted by Gasteiger charge is -2.36. The highest BCUT2D eigenvalue weighted by Crippen LogP contribution is 2.28. The van der Waals surface area contributed by atoms with Gasteiger partial charge in [-0.1, -0.05) is 12.1 Å². The van der Waals surface area contributed by atoms with E-state index in [9.17, 15) is 9.90 Å². The Morgan fingerprint density at radius 3 is 2.44 bits per heavy atom. The number of nitrogens with two attached hydrogens (primary N) is 1. The smallest absolute Gasteiger partial charge is 0.410 e. The van der Waals surface area contributed by atoms with Gasteiger partial charge in [0.25, 0.3) is 0 Å². The lowest BCUT2D eigenvalue weighted by Crippen LogP contribution is -2.50. The topological polar surface area (TPSA) is 118 Å². The number of nitrogen functional groups attached to an aromatic ring is 1. The lowest BCUT2D eigenvalue weighted by atomic mass is 10.2. The Kier molecular flexibility index (Phi) is 5.02. The van der Waals surface area contributed by atoms with Crippen molar-refractivity contribution < 1.29 is 14.6 Å². The number of phenols is 1. The number of hydrogen-bond acceptors (Lipinski definition) is 8. The maximum atomic E-state index is 12.2. The van der Waals surface area contributed by atoms with Crippen LogP contribution in [0.15, 0.2) is 24.3 Å². The second kappa shape index (κ2) is 7.26. The average Bonchev–Trinajstić information content (AvgIpc) is 2.61. The average molecular weight is 372 g/mol. The summed E-state index contributed by atoms with van der Waals surface area (Å²) in [7, 11) is 0. The Labute approximate surface area is 157 Å². The number of rotatable bonds is 2. The number of nitrogens with zero attached hydrogens (tertiary/aromatic N) is 5. The highest BCUT2D eigenvalue weighted by molar-refractivity contribution is 5.70. The molecule has 9 nitrogen and oxygen atoms in total. The first-order chi connectivity index (χ1) is 12.7. The summed E-state index contributed by atoms with van der Waals surface area (Å²) in [5.74, 6) is 1.07. The first-order valence-electron chi connectivity index (χ1n) is 8.76. The van der Waals surface area contributed by atoms with Gasteiger partial charge in [-0.25, -0.2) is 9.78 Å². The van der Waals surface area contributed by atoms with Crippen molar-refractivity contribution in [3.8, 4) is 17.1 Å². The van der Waals surface area contributed by atoms with E-state index in [0.29, 0.717) is 43.4 Å². The maximum absolute atomic E-state index is 12.2. The second-order valence-corrected chi connectivity index (χ2v) is 7.32. The van der Waals surface area contributed by atoms with Crippen LogP contribution in [0.3, 0.4) is 0 Å². The molecule has 1 aliphatic heterocycles. The molecule has 1 fully saturated rings. The van der Waals surface area contributed by atoms with Crippen LogP contribution in [0.5, 0.6) is 5.75 Å². The van der Waals surface area contributed by atoms with Crippen molar-refractivity contribution in [2.75, 3.05) is 36.8 Å². The molecule has 0 radical (unpaired) electrons. The summed E-state index contributed by atoms with van der Waals surface area (Å²) < 4.78 is 5.41. The number of phenolic OH excluding ortho intramolecular Hbond substituents is 1. The van der Waals surface area contributed by atoms with Gasteiger partial charge in [-0.3, -0.25) is 0 Å². The van der Waals surface area contributed by atoms with E-state index in [4.69, 9.17) is 10.5 Å². The van der Waals surface area contributed by atoms with Crippen LogP contribution >= 0.6 is 0 Å². The summed E-state index contributed by atoms with van der Waals surface area (Å²) in [5, 5.41) is 18.0.